The quantitative estimate of drug-likeness (QED) is 0.221. The summed E-state index contributed by atoms with van der Waals surface area (Å²) in [6.07, 6.45) is 1.03. The largest absolute Gasteiger partial charge is 0.493 e. The van der Waals surface area contributed by atoms with Crippen LogP contribution in [0.15, 0.2) is 36.4 Å². The average Bonchev–Trinajstić information content (AvgIpc) is 3.57. The third-order valence-corrected chi connectivity index (χ3v) is 7.42. The zero-order valence-electron chi connectivity index (χ0n) is 23.5. The Morgan fingerprint density at radius 2 is 1.07 bits per heavy atom. The molecule has 2 atom stereocenters. The molecule has 0 saturated heterocycles. The number of fused-ring (bicyclic) bond motifs is 2. The Morgan fingerprint density at radius 1 is 0.738 bits per heavy atom. The first-order valence-electron chi connectivity index (χ1n) is 13.3. The molecule has 0 spiro atoms. The van der Waals surface area contributed by atoms with Gasteiger partial charge >= 0.3 is 11.9 Å². The van der Waals surface area contributed by atoms with Gasteiger partial charge in [0.1, 0.15) is 37.9 Å². The van der Waals surface area contributed by atoms with Crippen molar-refractivity contribution in [3.63, 3.8) is 0 Å². The Hall–Kier alpha value is -4.42. The molecule has 42 heavy (non-hydrogen) atoms. The average molecular weight is 583 g/mol. The molecule has 0 radical (unpaired) electrons. The van der Waals surface area contributed by atoms with Gasteiger partial charge in [-0.1, -0.05) is 6.58 Å². The predicted molar refractivity (Wildman–Crippen MR) is 149 cm³/mol. The summed E-state index contributed by atoms with van der Waals surface area (Å²) in [7, 11) is 3.04. The number of nitrogens with zero attached hydrogens (tertiary/aromatic N) is 2. The minimum absolute atomic E-state index is 0.0973. The van der Waals surface area contributed by atoms with Gasteiger partial charge in [0.2, 0.25) is 0 Å². The third-order valence-electron chi connectivity index (χ3n) is 7.42. The van der Waals surface area contributed by atoms with Crippen LogP contribution < -0.4 is 18.9 Å². The van der Waals surface area contributed by atoms with E-state index in [1.807, 2.05) is 24.3 Å². The minimum Gasteiger partial charge on any atom is -0.493 e. The van der Waals surface area contributed by atoms with Crippen LogP contribution in [-0.4, -0.2) is 84.0 Å². The van der Waals surface area contributed by atoms with E-state index in [9.17, 15) is 29.4 Å². The maximum absolute atomic E-state index is 11.6. The van der Waals surface area contributed by atoms with Gasteiger partial charge in [0.15, 0.2) is 23.0 Å². The maximum atomic E-state index is 11.6. The molecule has 2 aliphatic heterocycles. The van der Waals surface area contributed by atoms with E-state index in [-0.39, 0.29) is 26.1 Å². The summed E-state index contributed by atoms with van der Waals surface area (Å²) in [5.74, 6) is -0.167. The first-order valence-corrected chi connectivity index (χ1v) is 13.3. The number of carbonyl (C=O) groups is 4. The highest BCUT2D eigenvalue weighted by atomic mass is 16.5. The molecular formula is C30H34N2O10. The molecule has 2 aromatic carbocycles. The summed E-state index contributed by atoms with van der Waals surface area (Å²) in [6, 6.07) is 5.44. The van der Waals surface area contributed by atoms with E-state index in [2.05, 4.69) is 6.58 Å². The van der Waals surface area contributed by atoms with Crippen molar-refractivity contribution < 1.29 is 48.3 Å². The van der Waals surface area contributed by atoms with Crippen molar-refractivity contribution in [1.82, 2.24) is 9.80 Å². The SMILES string of the molecule is C=C(COc1cc2c(cc1OC)CN(C(CC=O)C(=O)O)C2)COc1cc2c(cc1OC)CN(C(CC=O)C(=O)O)C2. The summed E-state index contributed by atoms with van der Waals surface area (Å²) in [5, 5.41) is 19.0. The van der Waals surface area contributed by atoms with E-state index in [0.717, 1.165) is 22.3 Å². The molecule has 12 nitrogen and oxygen atoms in total. The molecule has 0 aliphatic carbocycles. The predicted octanol–water partition coefficient (Wildman–Crippen LogP) is 2.43. The van der Waals surface area contributed by atoms with Crippen molar-refractivity contribution in [2.75, 3.05) is 27.4 Å². The molecule has 2 aromatic rings. The van der Waals surface area contributed by atoms with E-state index >= 15 is 0 Å². The number of aldehydes is 2. The fraction of sp³-hybridized carbons (Fsp3) is 0.400. The second-order valence-corrected chi connectivity index (χ2v) is 10.2. The second-order valence-electron chi connectivity index (χ2n) is 10.2. The van der Waals surface area contributed by atoms with Crippen LogP contribution in [0.25, 0.3) is 0 Å². The lowest BCUT2D eigenvalue weighted by molar-refractivity contribution is -0.145. The van der Waals surface area contributed by atoms with Crippen molar-refractivity contribution in [3.8, 4) is 23.0 Å². The van der Waals surface area contributed by atoms with Crippen LogP contribution in [-0.2, 0) is 45.4 Å². The molecule has 2 heterocycles. The lowest BCUT2D eigenvalue weighted by Gasteiger charge is -2.21. The van der Waals surface area contributed by atoms with E-state index in [0.29, 0.717) is 67.3 Å². The number of carboxylic acid groups (broad SMARTS) is 2. The van der Waals surface area contributed by atoms with Gasteiger partial charge in [0, 0.05) is 39.0 Å². The van der Waals surface area contributed by atoms with Crippen molar-refractivity contribution in [2.24, 2.45) is 0 Å². The molecule has 2 N–H and O–H groups in total. The maximum Gasteiger partial charge on any atom is 0.321 e. The van der Waals surface area contributed by atoms with Crippen LogP contribution >= 0.6 is 0 Å². The molecular weight excluding hydrogens is 548 g/mol. The Morgan fingerprint density at radius 3 is 1.36 bits per heavy atom. The Labute approximate surface area is 243 Å². The minimum atomic E-state index is -1.05. The molecule has 2 aliphatic rings. The topological polar surface area (TPSA) is 152 Å². The summed E-state index contributed by atoms with van der Waals surface area (Å²) >= 11 is 0. The summed E-state index contributed by atoms with van der Waals surface area (Å²) in [5.41, 5.74) is 4.21. The van der Waals surface area contributed by atoms with Gasteiger partial charge in [-0.05, 0) is 52.1 Å². The lowest BCUT2D eigenvalue weighted by Crippen LogP contribution is -2.37. The number of carbonyl (C=O) groups excluding carboxylic acids is 2. The highest BCUT2D eigenvalue weighted by Crippen LogP contribution is 2.38. The second kappa shape index (κ2) is 13.5. The summed E-state index contributed by atoms with van der Waals surface area (Å²) in [4.78, 5) is 48.7. The Balaban J connectivity index is 1.38. The van der Waals surface area contributed by atoms with Crippen molar-refractivity contribution >= 4 is 24.5 Å². The van der Waals surface area contributed by atoms with Crippen molar-refractivity contribution in [1.29, 1.82) is 0 Å². The number of aliphatic carboxylic acids is 2. The fourth-order valence-electron chi connectivity index (χ4n) is 5.25. The van der Waals surface area contributed by atoms with Crippen LogP contribution in [0.1, 0.15) is 35.1 Å². The number of hydrogen-bond acceptors (Lipinski definition) is 10. The molecule has 0 bridgehead atoms. The standard InChI is InChI=1S/C30H34N2O10/c1-18(16-41-27-10-21-14-31(23(4-6-33)29(35)36)12-19(21)8-25(27)39-2)17-42-28-11-22-15-32(24(5-7-34)30(37)38)13-20(22)9-26(28)40-3/h6-11,23-24H,1,4-5,12-17H2,2-3H3,(H,35,36)(H,37,38). The van der Waals surface area contributed by atoms with Gasteiger partial charge in [0.05, 0.1) is 14.2 Å². The van der Waals surface area contributed by atoms with Gasteiger partial charge < -0.3 is 38.7 Å². The monoisotopic (exact) mass is 582 g/mol. The molecule has 224 valence electrons. The number of hydrogen-bond donors (Lipinski definition) is 2. The van der Waals surface area contributed by atoms with Crippen LogP contribution in [0.4, 0.5) is 0 Å². The summed E-state index contributed by atoms with van der Waals surface area (Å²) < 4.78 is 23.0. The third kappa shape index (κ3) is 6.72. The number of methoxy groups -OCH3 is 2. The molecule has 0 amide bonds. The van der Waals surface area contributed by atoms with E-state index in [1.165, 1.54) is 14.2 Å². The molecule has 0 fully saturated rings. The fourth-order valence-corrected chi connectivity index (χ4v) is 5.25. The normalized spacial score (nSPS) is 15.7. The summed E-state index contributed by atoms with van der Waals surface area (Å²) in [6.45, 7) is 5.77. The van der Waals surface area contributed by atoms with Crippen LogP contribution in [0.2, 0.25) is 0 Å². The van der Waals surface area contributed by atoms with Crippen molar-refractivity contribution in [3.05, 3.63) is 58.7 Å². The van der Waals surface area contributed by atoms with E-state index in [1.54, 1.807) is 9.80 Å². The first kappa shape index (κ1) is 30.5. The Bertz CT molecular complexity index is 1270. The molecule has 0 aromatic heterocycles. The zero-order chi connectivity index (χ0) is 30.4. The number of benzene rings is 2. The highest BCUT2D eigenvalue weighted by molar-refractivity contribution is 5.77. The molecule has 0 saturated carbocycles. The van der Waals surface area contributed by atoms with Crippen LogP contribution in [0, 0.1) is 0 Å². The molecule has 12 heteroatoms. The van der Waals surface area contributed by atoms with Gasteiger partial charge in [-0.15, -0.1) is 0 Å². The first-order chi connectivity index (χ1) is 20.2. The smallest absolute Gasteiger partial charge is 0.321 e. The van der Waals surface area contributed by atoms with Crippen molar-refractivity contribution in [2.45, 2.75) is 51.1 Å². The number of ether oxygens (including phenoxy) is 4. The van der Waals surface area contributed by atoms with Gasteiger partial charge in [0.25, 0.3) is 0 Å². The van der Waals surface area contributed by atoms with E-state index < -0.39 is 24.0 Å². The number of carboxylic acids is 2. The zero-order valence-corrected chi connectivity index (χ0v) is 23.5. The van der Waals surface area contributed by atoms with Gasteiger partial charge in [-0.2, -0.15) is 0 Å². The molecule has 2 unspecified atom stereocenters. The lowest BCUT2D eigenvalue weighted by atomic mass is 10.1. The van der Waals surface area contributed by atoms with Crippen LogP contribution in [0.3, 0.4) is 0 Å². The van der Waals surface area contributed by atoms with Gasteiger partial charge in [-0.3, -0.25) is 19.4 Å². The Kier molecular flexibility index (Phi) is 9.81. The van der Waals surface area contributed by atoms with E-state index in [4.69, 9.17) is 18.9 Å². The molecule has 4 rings (SSSR count). The highest BCUT2D eigenvalue weighted by Gasteiger charge is 2.33. The number of rotatable bonds is 16. The van der Waals surface area contributed by atoms with Crippen LogP contribution in [0.5, 0.6) is 23.0 Å². The van der Waals surface area contributed by atoms with Gasteiger partial charge in [-0.25, -0.2) is 0 Å².